The van der Waals surface area contributed by atoms with Gasteiger partial charge in [-0.3, -0.25) is 4.79 Å². The highest BCUT2D eigenvalue weighted by molar-refractivity contribution is 6.34. The summed E-state index contributed by atoms with van der Waals surface area (Å²) in [4.78, 5) is 10.7. The number of rotatable bonds is 4. The number of carboxylic acid groups (broad SMARTS) is 1. The SMILES string of the molecule is COc1cc(Cl)cc(CC(C)C(=O)O)c1Cl. The minimum atomic E-state index is -0.866. The molecule has 5 heteroatoms. The highest BCUT2D eigenvalue weighted by Crippen LogP contribution is 2.33. The predicted molar refractivity (Wildman–Crippen MR) is 63.5 cm³/mol. The molecule has 0 heterocycles. The molecule has 1 N–H and O–H groups in total. The Labute approximate surface area is 104 Å². The first-order valence-corrected chi connectivity index (χ1v) is 5.46. The van der Waals surface area contributed by atoms with Crippen molar-refractivity contribution in [2.75, 3.05) is 7.11 Å². The molecule has 0 spiro atoms. The van der Waals surface area contributed by atoms with E-state index in [9.17, 15) is 4.79 Å². The molecule has 0 aliphatic carbocycles. The summed E-state index contributed by atoms with van der Waals surface area (Å²) in [5.74, 6) is -0.919. The Morgan fingerprint density at radius 2 is 2.12 bits per heavy atom. The largest absolute Gasteiger partial charge is 0.495 e. The molecule has 16 heavy (non-hydrogen) atoms. The van der Waals surface area contributed by atoms with Gasteiger partial charge in [0.1, 0.15) is 5.75 Å². The number of methoxy groups -OCH3 is 1. The fourth-order valence-electron chi connectivity index (χ4n) is 1.33. The van der Waals surface area contributed by atoms with E-state index < -0.39 is 11.9 Å². The number of carboxylic acids is 1. The van der Waals surface area contributed by atoms with Gasteiger partial charge in [0, 0.05) is 11.1 Å². The summed E-state index contributed by atoms with van der Waals surface area (Å²) in [6.45, 7) is 1.62. The van der Waals surface area contributed by atoms with E-state index in [1.54, 1.807) is 19.1 Å². The molecule has 1 aromatic rings. The van der Waals surface area contributed by atoms with Gasteiger partial charge in [-0.25, -0.2) is 0 Å². The third-order valence-corrected chi connectivity index (χ3v) is 2.89. The van der Waals surface area contributed by atoms with E-state index >= 15 is 0 Å². The Balaban J connectivity index is 3.04. The van der Waals surface area contributed by atoms with E-state index in [0.717, 1.165) is 0 Å². The van der Waals surface area contributed by atoms with Crippen LogP contribution in [0.15, 0.2) is 12.1 Å². The van der Waals surface area contributed by atoms with Crippen molar-refractivity contribution in [1.82, 2.24) is 0 Å². The highest BCUT2D eigenvalue weighted by atomic mass is 35.5. The third kappa shape index (κ3) is 3.03. The third-order valence-electron chi connectivity index (χ3n) is 2.25. The smallest absolute Gasteiger partial charge is 0.306 e. The number of aliphatic carboxylic acids is 1. The topological polar surface area (TPSA) is 46.5 Å². The number of hydrogen-bond acceptors (Lipinski definition) is 2. The van der Waals surface area contributed by atoms with Crippen LogP contribution >= 0.6 is 23.2 Å². The minimum Gasteiger partial charge on any atom is -0.495 e. The van der Waals surface area contributed by atoms with Crippen molar-refractivity contribution in [3.63, 3.8) is 0 Å². The van der Waals surface area contributed by atoms with Crippen molar-refractivity contribution < 1.29 is 14.6 Å². The molecule has 3 nitrogen and oxygen atoms in total. The number of ether oxygens (including phenoxy) is 1. The summed E-state index contributed by atoms with van der Waals surface area (Å²) >= 11 is 11.9. The lowest BCUT2D eigenvalue weighted by Gasteiger charge is -2.11. The van der Waals surface area contributed by atoms with Crippen LogP contribution in [-0.4, -0.2) is 18.2 Å². The summed E-state index contributed by atoms with van der Waals surface area (Å²) < 4.78 is 5.04. The van der Waals surface area contributed by atoms with Gasteiger partial charge in [0.15, 0.2) is 0 Å². The second kappa shape index (κ2) is 5.41. The molecule has 0 saturated carbocycles. The van der Waals surface area contributed by atoms with Crippen molar-refractivity contribution in [1.29, 1.82) is 0 Å². The Bertz CT molecular complexity index is 404. The molecule has 0 bridgehead atoms. The van der Waals surface area contributed by atoms with Crippen LogP contribution < -0.4 is 4.74 Å². The van der Waals surface area contributed by atoms with Gasteiger partial charge >= 0.3 is 5.97 Å². The summed E-state index contributed by atoms with van der Waals surface area (Å²) in [6.07, 6.45) is 0.324. The van der Waals surface area contributed by atoms with E-state index in [1.807, 2.05) is 0 Å². The van der Waals surface area contributed by atoms with Crippen molar-refractivity contribution in [2.45, 2.75) is 13.3 Å². The first kappa shape index (κ1) is 13.1. The maximum absolute atomic E-state index is 10.7. The lowest BCUT2D eigenvalue weighted by molar-refractivity contribution is -0.141. The lowest BCUT2D eigenvalue weighted by Crippen LogP contribution is -2.12. The Morgan fingerprint density at radius 3 is 2.62 bits per heavy atom. The van der Waals surface area contributed by atoms with Gasteiger partial charge in [0.2, 0.25) is 0 Å². The quantitative estimate of drug-likeness (QED) is 0.906. The molecule has 1 rings (SSSR count). The summed E-state index contributed by atoms with van der Waals surface area (Å²) in [7, 11) is 1.49. The highest BCUT2D eigenvalue weighted by Gasteiger charge is 2.16. The van der Waals surface area contributed by atoms with E-state index in [4.69, 9.17) is 33.0 Å². The minimum absolute atomic E-state index is 0.324. The molecule has 0 fully saturated rings. The molecular formula is C11H12Cl2O3. The fourth-order valence-corrected chi connectivity index (χ4v) is 1.83. The molecule has 0 amide bonds. The first-order chi connectivity index (χ1) is 7.45. The van der Waals surface area contributed by atoms with Crippen LogP contribution in [0.1, 0.15) is 12.5 Å². The maximum atomic E-state index is 10.7. The summed E-state index contributed by atoms with van der Waals surface area (Å²) in [5.41, 5.74) is 0.681. The Morgan fingerprint density at radius 1 is 1.50 bits per heavy atom. The average molecular weight is 263 g/mol. The van der Waals surface area contributed by atoms with E-state index in [2.05, 4.69) is 0 Å². The number of benzene rings is 1. The van der Waals surface area contributed by atoms with Gasteiger partial charge in [0.05, 0.1) is 18.1 Å². The average Bonchev–Trinajstić information content (AvgIpc) is 2.22. The van der Waals surface area contributed by atoms with Crippen LogP contribution in [0.3, 0.4) is 0 Å². The molecule has 0 aliphatic heterocycles. The normalized spacial score (nSPS) is 12.2. The van der Waals surface area contributed by atoms with Crippen LogP contribution in [-0.2, 0) is 11.2 Å². The van der Waals surface area contributed by atoms with Crippen LogP contribution in [0, 0.1) is 5.92 Å². The number of hydrogen-bond donors (Lipinski definition) is 1. The van der Waals surface area contributed by atoms with Crippen molar-refractivity contribution >= 4 is 29.2 Å². The molecular weight excluding hydrogens is 251 g/mol. The standard InChI is InChI=1S/C11H12Cl2O3/c1-6(11(14)15)3-7-4-8(12)5-9(16-2)10(7)13/h4-6H,3H2,1-2H3,(H,14,15). The van der Waals surface area contributed by atoms with Gasteiger partial charge in [-0.2, -0.15) is 0 Å². The molecule has 1 aromatic carbocycles. The first-order valence-electron chi connectivity index (χ1n) is 4.70. The second-order valence-electron chi connectivity index (χ2n) is 3.52. The zero-order valence-corrected chi connectivity index (χ0v) is 10.5. The summed E-state index contributed by atoms with van der Waals surface area (Å²) in [5, 5.41) is 9.72. The van der Waals surface area contributed by atoms with Gasteiger partial charge in [-0.1, -0.05) is 30.1 Å². The van der Waals surface area contributed by atoms with Gasteiger partial charge < -0.3 is 9.84 Å². The molecule has 0 radical (unpaired) electrons. The maximum Gasteiger partial charge on any atom is 0.306 e. The number of carbonyl (C=O) groups is 1. The monoisotopic (exact) mass is 262 g/mol. The molecule has 0 saturated heterocycles. The van der Waals surface area contributed by atoms with Crippen LogP contribution in [0.25, 0.3) is 0 Å². The Hall–Kier alpha value is -0.930. The zero-order valence-electron chi connectivity index (χ0n) is 8.96. The van der Waals surface area contributed by atoms with Crippen LogP contribution in [0.5, 0.6) is 5.75 Å². The van der Waals surface area contributed by atoms with Crippen LogP contribution in [0.4, 0.5) is 0 Å². The Kier molecular flexibility index (Phi) is 4.44. The molecule has 88 valence electrons. The van der Waals surface area contributed by atoms with E-state index in [-0.39, 0.29) is 0 Å². The lowest BCUT2D eigenvalue weighted by atomic mass is 10.0. The summed E-state index contributed by atoms with van der Waals surface area (Å²) in [6, 6.07) is 3.25. The number of halogens is 2. The van der Waals surface area contributed by atoms with Crippen LogP contribution in [0.2, 0.25) is 10.0 Å². The van der Waals surface area contributed by atoms with Gasteiger partial charge in [0.25, 0.3) is 0 Å². The van der Waals surface area contributed by atoms with Gasteiger partial charge in [-0.15, -0.1) is 0 Å². The fraction of sp³-hybridized carbons (Fsp3) is 0.364. The molecule has 0 aliphatic rings. The van der Waals surface area contributed by atoms with Crippen molar-refractivity contribution in [3.05, 3.63) is 27.7 Å². The predicted octanol–water partition coefficient (Wildman–Crippen LogP) is 3.27. The van der Waals surface area contributed by atoms with E-state index in [0.29, 0.717) is 27.8 Å². The van der Waals surface area contributed by atoms with Crippen molar-refractivity contribution in [2.24, 2.45) is 5.92 Å². The molecule has 0 aromatic heterocycles. The molecule has 1 atom stereocenters. The van der Waals surface area contributed by atoms with E-state index in [1.165, 1.54) is 7.11 Å². The second-order valence-corrected chi connectivity index (χ2v) is 4.34. The van der Waals surface area contributed by atoms with Gasteiger partial charge in [-0.05, 0) is 18.1 Å². The molecule has 1 unspecified atom stereocenters. The van der Waals surface area contributed by atoms with Crippen molar-refractivity contribution in [3.8, 4) is 5.75 Å². The zero-order chi connectivity index (χ0) is 12.3.